The van der Waals surface area contributed by atoms with Gasteiger partial charge in [0.25, 0.3) is 0 Å². The third-order valence-corrected chi connectivity index (χ3v) is 5.81. The monoisotopic (exact) mass is 420 g/mol. The molecule has 2 aromatic rings. The Balaban J connectivity index is 2.23. The first-order valence-electron chi connectivity index (χ1n) is 8.07. The van der Waals surface area contributed by atoms with E-state index in [0.717, 1.165) is 17.7 Å². The molecule has 4 nitrogen and oxygen atoms in total. The lowest BCUT2D eigenvalue weighted by Gasteiger charge is -2.25. The van der Waals surface area contributed by atoms with Crippen molar-refractivity contribution in [2.75, 3.05) is 20.6 Å². The second kappa shape index (κ2) is 8.60. The molecular formula is C18H20ClF3N2O2S. The number of sulfonamides is 1. The van der Waals surface area contributed by atoms with E-state index in [1.165, 1.54) is 0 Å². The van der Waals surface area contributed by atoms with Gasteiger partial charge in [-0.3, -0.25) is 0 Å². The van der Waals surface area contributed by atoms with Gasteiger partial charge in [0.1, 0.15) is 0 Å². The highest BCUT2D eigenvalue weighted by Gasteiger charge is 2.37. The molecule has 1 N–H and O–H groups in total. The predicted molar refractivity (Wildman–Crippen MR) is 99.3 cm³/mol. The summed E-state index contributed by atoms with van der Waals surface area (Å²) in [4.78, 5) is 0.985. The van der Waals surface area contributed by atoms with Crippen LogP contribution < -0.4 is 4.72 Å². The van der Waals surface area contributed by atoms with Gasteiger partial charge in [0.2, 0.25) is 10.0 Å². The molecule has 0 heterocycles. The summed E-state index contributed by atoms with van der Waals surface area (Å²) < 4.78 is 67.0. The minimum absolute atomic E-state index is 0.0375. The van der Waals surface area contributed by atoms with E-state index in [4.69, 9.17) is 11.6 Å². The predicted octanol–water partition coefficient (Wildman–Crippen LogP) is 3.81. The lowest BCUT2D eigenvalue weighted by molar-refractivity contribution is -0.139. The summed E-state index contributed by atoms with van der Waals surface area (Å²) in [6.45, 7) is -0.0375. The fourth-order valence-electron chi connectivity index (χ4n) is 2.57. The van der Waals surface area contributed by atoms with Gasteiger partial charge in [-0.15, -0.1) is 0 Å². The number of benzene rings is 2. The van der Waals surface area contributed by atoms with Gasteiger partial charge in [-0.1, -0.05) is 41.9 Å². The Morgan fingerprint density at radius 1 is 1.11 bits per heavy atom. The van der Waals surface area contributed by atoms with Gasteiger partial charge < -0.3 is 4.90 Å². The highest BCUT2D eigenvalue weighted by molar-refractivity contribution is 7.89. The number of nitrogens with zero attached hydrogens (tertiary/aromatic N) is 1. The van der Waals surface area contributed by atoms with Crippen LogP contribution in [0, 0.1) is 0 Å². The Morgan fingerprint density at radius 3 is 2.30 bits per heavy atom. The molecule has 0 aliphatic rings. The van der Waals surface area contributed by atoms with Gasteiger partial charge in [0, 0.05) is 17.6 Å². The molecule has 148 valence electrons. The van der Waals surface area contributed by atoms with E-state index in [2.05, 4.69) is 4.72 Å². The van der Waals surface area contributed by atoms with Crippen LogP contribution in [0.1, 0.15) is 11.1 Å². The Hall–Kier alpha value is -1.61. The van der Waals surface area contributed by atoms with Crippen LogP contribution in [0.2, 0.25) is 5.02 Å². The molecule has 2 rings (SSSR count). The largest absolute Gasteiger partial charge is 0.417 e. The molecule has 27 heavy (non-hydrogen) atoms. The van der Waals surface area contributed by atoms with E-state index in [1.807, 2.05) is 35.2 Å². The lowest BCUT2D eigenvalue weighted by atomic mass is 10.1. The fraction of sp³-hybridized carbons (Fsp3) is 0.333. The summed E-state index contributed by atoms with van der Waals surface area (Å²) in [5.41, 5.74) is -0.287. The molecule has 0 aromatic heterocycles. The van der Waals surface area contributed by atoms with Crippen molar-refractivity contribution in [3.63, 3.8) is 0 Å². The smallest absolute Gasteiger partial charge is 0.305 e. The van der Waals surface area contributed by atoms with Crippen LogP contribution in [-0.4, -0.2) is 40.0 Å². The minimum Gasteiger partial charge on any atom is -0.305 e. The number of alkyl halides is 3. The van der Waals surface area contributed by atoms with Crippen molar-refractivity contribution >= 4 is 21.6 Å². The first-order valence-corrected chi connectivity index (χ1v) is 9.93. The van der Waals surface area contributed by atoms with Gasteiger partial charge in [-0.05, 0) is 44.3 Å². The van der Waals surface area contributed by atoms with Gasteiger partial charge >= 0.3 is 6.18 Å². The van der Waals surface area contributed by atoms with Gasteiger partial charge in [0.05, 0.1) is 10.5 Å². The van der Waals surface area contributed by atoms with Crippen LogP contribution in [-0.2, 0) is 22.6 Å². The van der Waals surface area contributed by atoms with Crippen LogP contribution in [0.5, 0.6) is 0 Å². The number of hydrogen-bond acceptors (Lipinski definition) is 3. The molecule has 1 atom stereocenters. The molecule has 1 unspecified atom stereocenters. The normalized spacial score (nSPS) is 13.7. The highest BCUT2D eigenvalue weighted by atomic mass is 35.5. The topological polar surface area (TPSA) is 49.4 Å². The molecule has 0 amide bonds. The third-order valence-electron chi connectivity index (χ3n) is 4.09. The molecule has 0 saturated carbocycles. The molecule has 2 aromatic carbocycles. The number of nitrogens with one attached hydrogen (secondary N) is 1. The second-order valence-corrected chi connectivity index (χ2v) is 8.47. The zero-order valence-electron chi connectivity index (χ0n) is 14.8. The van der Waals surface area contributed by atoms with Crippen molar-refractivity contribution in [3.05, 3.63) is 64.7 Å². The van der Waals surface area contributed by atoms with E-state index in [-0.39, 0.29) is 17.6 Å². The van der Waals surface area contributed by atoms with E-state index in [9.17, 15) is 21.6 Å². The molecule has 0 spiro atoms. The zero-order valence-corrected chi connectivity index (χ0v) is 16.4. The van der Waals surface area contributed by atoms with Crippen molar-refractivity contribution in [2.24, 2.45) is 0 Å². The van der Waals surface area contributed by atoms with Crippen molar-refractivity contribution in [1.82, 2.24) is 9.62 Å². The van der Waals surface area contributed by atoms with E-state index in [1.54, 1.807) is 14.1 Å². The first kappa shape index (κ1) is 21.7. The summed E-state index contributed by atoms with van der Waals surface area (Å²) in [6.07, 6.45) is -4.29. The highest BCUT2D eigenvalue weighted by Crippen LogP contribution is 2.35. The average Bonchev–Trinajstić information content (AvgIpc) is 2.58. The molecule has 0 radical (unpaired) electrons. The second-order valence-electron chi connectivity index (χ2n) is 6.30. The Labute approximate surface area is 162 Å². The maximum atomic E-state index is 13.2. The molecular weight excluding hydrogens is 401 g/mol. The lowest BCUT2D eigenvalue weighted by Crippen LogP contribution is -2.41. The average molecular weight is 421 g/mol. The van der Waals surface area contributed by atoms with Crippen LogP contribution in [0.25, 0.3) is 0 Å². The quantitative estimate of drug-likeness (QED) is 0.741. The summed E-state index contributed by atoms with van der Waals surface area (Å²) >= 11 is 5.61. The summed E-state index contributed by atoms with van der Waals surface area (Å²) in [7, 11) is -0.801. The first-order chi connectivity index (χ1) is 12.5. The van der Waals surface area contributed by atoms with E-state index >= 15 is 0 Å². The van der Waals surface area contributed by atoms with E-state index in [0.29, 0.717) is 12.5 Å². The number of hydrogen-bond donors (Lipinski definition) is 1. The molecule has 0 fully saturated rings. The molecule has 0 aliphatic carbocycles. The van der Waals surface area contributed by atoms with Crippen LogP contribution in [0.3, 0.4) is 0 Å². The molecule has 9 heteroatoms. The maximum absolute atomic E-state index is 13.2. The Kier molecular flexibility index (Phi) is 6.91. The number of rotatable bonds is 7. The summed E-state index contributed by atoms with van der Waals surface area (Å²) in [6, 6.07) is 11.8. The SMILES string of the molecule is CN(C)C(CNS(=O)(=O)c1ccc(Cl)cc1C(F)(F)F)Cc1ccccc1. The Morgan fingerprint density at radius 2 is 1.74 bits per heavy atom. The van der Waals surface area contributed by atoms with Crippen molar-refractivity contribution in [1.29, 1.82) is 0 Å². The third kappa shape index (κ3) is 5.93. The minimum atomic E-state index is -4.83. The summed E-state index contributed by atoms with van der Waals surface area (Å²) in [5.74, 6) is 0. The van der Waals surface area contributed by atoms with Gasteiger partial charge in [0.15, 0.2) is 0 Å². The molecule has 0 aliphatic heterocycles. The van der Waals surface area contributed by atoms with Gasteiger partial charge in [-0.2, -0.15) is 13.2 Å². The number of likely N-dealkylation sites (N-methyl/N-ethyl adjacent to an activating group) is 1. The zero-order chi connectivity index (χ0) is 20.2. The van der Waals surface area contributed by atoms with Crippen LogP contribution in [0.4, 0.5) is 13.2 Å². The summed E-state index contributed by atoms with van der Waals surface area (Å²) in [5, 5.41) is -0.184. The van der Waals surface area contributed by atoms with Crippen molar-refractivity contribution < 1.29 is 21.6 Å². The van der Waals surface area contributed by atoms with Crippen LogP contribution in [0.15, 0.2) is 53.4 Å². The van der Waals surface area contributed by atoms with Crippen LogP contribution >= 0.6 is 11.6 Å². The maximum Gasteiger partial charge on any atom is 0.417 e. The number of halogens is 4. The van der Waals surface area contributed by atoms with Gasteiger partial charge in [-0.25, -0.2) is 13.1 Å². The van der Waals surface area contributed by atoms with E-state index < -0.39 is 26.7 Å². The van der Waals surface area contributed by atoms with Crippen molar-refractivity contribution in [3.8, 4) is 0 Å². The fourth-order valence-corrected chi connectivity index (χ4v) is 4.02. The van der Waals surface area contributed by atoms with Crippen molar-refractivity contribution in [2.45, 2.75) is 23.5 Å². The Bertz CT molecular complexity index is 872. The molecule has 0 bridgehead atoms. The molecule has 0 saturated heterocycles. The standard InChI is InChI=1S/C18H20ClF3N2O2S/c1-24(2)15(10-13-6-4-3-5-7-13)12-23-27(25,26)17-9-8-14(19)11-16(17)18(20,21)22/h3-9,11,15,23H,10,12H2,1-2H3.